The Hall–Kier alpha value is -2.22. The Labute approximate surface area is 338 Å². The van der Waals surface area contributed by atoms with Crippen molar-refractivity contribution < 1.29 is 40.8 Å². The summed E-state index contributed by atoms with van der Waals surface area (Å²) in [5.41, 5.74) is 15.8. The zero-order chi connectivity index (χ0) is 29.8. The number of aliphatic imine (C=N–C) groups is 2. The molecule has 3 aromatic carbocycles. The maximum absolute atomic E-state index is 4.80. The molecule has 2 heterocycles. The minimum absolute atomic E-state index is 0. The maximum atomic E-state index is 4.80. The summed E-state index contributed by atoms with van der Waals surface area (Å²) in [5, 5.41) is 0. The zero-order valence-corrected chi connectivity index (χ0v) is 34.2. The number of aromatic nitrogens is 2. The second-order valence-electron chi connectivity index (χ2n) is 11.3. The first-order chi connectivity index (χ1) is 20.2. The van der Waals surface area contributed by atoms with Crippen LogP contribution in [0.3, 0.4) is 0 Å². The van der Waals surface area contributed by atoms with Crippen LogP contribution < -0.4 is 0 Å². The minimum Gasteiger partial charge on any atom is -0.255 e. The molecule has 0 bridgehead atoms. The fourth-order valence-electron chi connectivity index (χ4n) is 5.47. The van der Waals surface area contributed by atoms with Gasteiger partial charge in [0.2, 0.25) is 0 Å². The van der Waals surface area contributed by atoms with Gasteiger partial charge in [-0.2, -0.15) is 0 Å². The SMILES string of the molecule is Cc1cc(-c2cc(C(C)C)cc(-c3cc(C)c(N=Cc4ccccn4)c(C)c3)c2C)cc(C)c1N=Cc1ccccn1.Cl.Cl.Cl.Cl.[Pd].[Pd]. The number of pyridine rings is 2. The third-order valence-electron chi connectivity index (χ3n) is 7.73. The van der Waals surface area contributed by atoms with Crippen LogP contribution >= 0.6 is 49.6 Å². The average Bonchev–Trinajstić information content (AvgIpc) is 2.97. The molecule has 0 saturated heterocycles. The normalized spacial score (nSPS) is 10.2. The van der Waals surface area contributed by atoms with Crippen LogP contribution in [0.2, 0.25) is 0 Å². The molecule has 0 radical (unpaired) electrons. The first-order valence-corrected chi connectivity index (χ1v) is 14.5. The van der Waals surface area contributed by atoms with Crippen LogP contribution in [-0.4, -0.2) is 22.4 Å². The summed E-state index contributed by atoms with van der Waals surface area (Å²) < 4.78 is 0. The third-order valence-corrected chi connectivity index (χ3v) is 7.73. The molecule has 0 spiro atoms. The van der Waals surface area contributed by atoms with Crippen LogP contribution in [0.1, 0.15) is 64.5 Å². The summed E-state index contributed by atoms with van der Waals surface area (Å²) in [6.07, 6.45) is 7.26. The molecule has 0 unspecified atom stereocenters. The van der Waals surface area contributed by atoms with Gasteiger partial charge in [-0.15, -0.1) is 49.6 Å². The molecule has 0 aliphatic rings. The molecule has 4 nitrogen and oxygen atoms in total. The molecular weight excluding hydrogens is 867 g/mol. The Morgan fingerprint density at radius 3 is 1.19 bits per heavy atom. The Morgan fingerprint density at radius 1 is 0.542 bits per heavy atom. The van der Waals surface area contributed by atoms with Crippen molar-refractivity contribution in [2.45, 2.75) is 54.4 Å². The monoisotopic (exact) mass is 906 g/mol. The topological polar surface area (TPSA) is 50.5 Å². The van der Waals surface area contributed by atoms with Crippen molar-refractivity contribution in [1.82, 2.24) is 9.97 Å². The van der Waals surface area contributed by atoms with Gasteiger partial charge in [0.1, 0.15) is 0 Å². The van der Waals surface area contributed by atoms with Crippen molar-refractivity contribution in [2.75, 3.05) is 0 Å². The van der Waals surface area contributed by atoms with Gasteiger partial charge in [-0.05, 0) is 145 Å². The first-order valence-electron chi connectivity index (χ1n) is 14.5. The van der Waals surface area contributed by atoms with Crippen molar-refractivity contribution >= 4 is 73.4 Å². The van der Waals surface area contributed by atoms with Crippen molar-refractivity contribution in [1.29, 1.82) is 0 Å². The molecule has 5 aromatic rings. The smallest absolute Gasteiger partial charge is 0.0812 e. The van der Waals surface area contributed by atoms with Crippen molar-refractivity contribution in [3.05, 3.63) is 130 Å². The first kappa shape index (κ1) is 47.9. The van der Waals surface area contributed by atoms with Crippen LogP contribution in [0, 0.1) is 34.6 Å². The number of benzene rings is 3. The van der Waals surface area contributed by atoms with Gasteiger partial charge in [-0.3, -0.25) is 20.0 Å². The largest absolute Gasteiger partial charge is 0.255 e. The van der Waals surface area contributed by atoms with Crippen molar-refractivity contribution in [3.8, 4) is 22.3 Å². The molecule has 48 heavy (non-hydrogen) atoms. The summed E-state index contributed by atoms with van der Waals surface area (Å²) in [6, 6.07) is 25.5. The van der Waals surface area contributed by atoms with Crippen LogP contribution in [0.4, 0.5) is 11.4 Å². The van der Waals surface area contributed by atoms with E-state index in [2.05, 4.69) is 94.8 Å². The molecule has 0 amide bonds. The summed E-state index contributed by atoms with van der Waals surface area (Å²) in [4.78, 5) is 18.4. The predicted molar refractivity (Wildman–Crippen MR) is 207 cm³/mol. The fraction of sp³-hybridized carbons (Fsp3) is 0.211. The van der Waals surface area contributed by atoms with E-state index in [-0.39, 0.29) is 90.5 Å². The van der Waals surface area contributed by atoms with Gasteiger partial charge in [0.25, 0.3) is 0 Å². The van der Waals surface area contributed by atoms with Gasteiger partial charge in [-0.1, -0.05) is 38.1 Å². The molecule has 0 fully saturated rings. The molecule has 0 atom stereocenters. The van der Waals surface area contributed by atoms with Gasteiger partial charge in [0, 0.05) is 53.2 Å². The fourth-order valence-corrected chi connectivity index (χ4v) is 5.47. The quantitative estimate of drug-likeness (QED) is 0.121. The van der Waals surface area contributed by atoms with Crippen LogP contribution in [0.25, 0.3) is 22.3 Å². The van der Waals surface area contributed by atoms with Gasteiger partial charge in [0.15, 0.2) is 0 Å². The average molecular weight is 909 g/mol. The van der Waals surface area contributed by atoms with E-state index in [0.717, 1.165) is 45.0 Å². The van der Waals surface area contributed by atoms with E-state index < -0.39 is 0 Å². The van der Waals surface area contributed by atoms with E-state index in [1.54, 1.807) is 12.4 Å². The Morgan fingerprint density at radius 2 is 0.896 bits per heavy atom. The zero-order valence-electron chi connectivity index (χ0n) is 27.9. The van der Waals surface area contributed by atoms with Gasteiger partial charge < -0.3 is 0 Å². The molecule has 2 aromatic heterocycles. The van der Waals surface area contributed by atoms with Gasteiger partial charge >= 0.3 is 0 Å². The number of rotatable bonds is 7. The van der Waals surface area contributed by atoms with Crippen molar-refractivity contribution in [2.24, 2.45) is 9.98 Å². The number of nitrogens with zero attached hydrogens (tertiary/aromatic N) is 4. The molecule has 0 aliphatic carbocycles. The Kier molecular flexibility index (Phi) is 21.7. The molecule has 10 heteroatoms. The summed E-state index contributed by atoms with van der Waals surface area (Å²) in [7, 11) is 0. The van der Waals surface area contributed by atoms with E-state index in [0.29, 0.717) is 5.92 Å². The van der Waals surface area contributed by atoms with E-state index in [1.807, 2.05) is 48.8 Å². The molecule has 0 N–H and O–H groups in total. The summed E-state index contributed by atoms with van der Waals surface area (Å²) >= 11 is 0. The second-order valence-corrected chi connectivity index (χ2v) is 11.3. The van der Waals surface area contributed by atoms with Crippen LogP contribution in [0.15, 0.2) is 95.2 Å². The number of halogens is 4. The summed E-state index contributed by atoms with van der Waals surface area (Å²) in [6.45, 7) is 15.3. The predicted octanol–water partition coefficient (Wildman–Crippen LogP) is 11.7. The second kappa shape index (κ2) is 21.8. The Bertz CT molecular complexity index is 1640. The van der Waals surface area contributed by atoms with Crippen LogP contribution in [0.5, 0.6) is 0 Å². The minimum atomic E-state index is 0. The standard InChI is InChI=1S/C38H38N4.4ClH.2Pd/c1-24(2)30-20-35(31-16-25(3)37(26(4)17-31)41-22-33-12-8-10-14-39-33)29(7)36(21-30)32-18-27(5)38(28(6)19-32)42-23-34-13-9-11-15-40-34;;;;;;/h8-24H,1-7H3;4*1H;;. The van der Waals surface area contributed by atoms with Gasteiger partial charge in [-0.25, -0.2) is 0 Å². The molecule has 262 valence electrons. The molecule has 0 saturated carbocycles. The molecule has 5 rings (SSSR count). The van der Waals surface area contributed by atoms with Crippen molar-refractivity contribution in [3.63, 3.8) is 0 Å². The van der Waals surface area contributed by atoms with E-state index in [9.17, 15) is 0 Å². The maximum Gasteiger partial charge on any atom is 0.0812 e. The summed E-state index contributed by atoms with van der Waals surface area (Å²) in [5.74, 6) is 0.400. The van der Waals surface area contributed by atoms with E-state index >= 15 is 0 Å². The third kappa shape index (κ3) is 11.4. The molecular formula is C38H42Cl4N4Pd2. The van der Waals surface area contributed by atoms with E-state index in [4.69, 9.17) is 9.98 Å². The van der Waals surface area contributed by atoms with E-state index in [1.165, 1.54) is 33.4 Å². The Balaban J connectivity index is 0. The number of hydrogen-bond acceptors (Lipinski definition) is 4. The van der Waals surface area contributed by atoms with Crippen LogP contribution in [-0.2, 0) is 40.8 Å². The number of aryl methyl sites for hydroxylation is 4. The van der Waals surface area contributed by atoms with Gasteiger partial charge in [0.05, 0.1) is 35.2 Å². The molecule has 0 aliphatic heterocycles. The number of hydrogen-bond donors (Lipinski definition) is 0.